The molecule has 0 amide bonds. The normalized spacial score (nSPS) is 54.0. The van der Waals surface area contributed by atoms with E-state index in [1.54, 1.807) is 6.92 Å². The fourth-order valence-corrected chi connectivity index (χ4v) is 1.71. The molecule has 2 heterocycles. The first-order chi connectivity index (χ1) is 6.59. The minimum absolute atomic E-state index is 0.243. The summed E-state index contributed by atoms with van der Waals surface area (Å²) in [5.41, 5.74) is 0. The molecule has 0 unspecified atom stereocenters. The predicted octanol–water partition coefficient (Wildman–Crippen LogP) is -1.81. The molecular weight excluding hydrogens is 192 g/mol. The van der Waals surface area contributed by atoms with Gasteiger partial charge in [0.05, 0.1) is 6.61 Å². The Balaban J connectivity index is 2.08. The van der Waals surface area contributed by atoms with Gasteiger partial charge in [-0.2, -0.15) is 0 Å². The van der Waals surface area contributed by atoms with Crippen molar-refractivity contribution in [2.24, 2.45) is 0 Å². The van der Waals surface area contributed by atoms with Crippen molar-refractivity contribution in [3.63, 3.8) is 0 Å². The van der Waals surface area contributed by atoms with Crippen LogP contribution in [-0.4, -0.2) is 58.9 Å². The monoisotopic (exact) mass is 206 g/mol. The van der Waals surface area contributed by atoms with Crippen LogP contribution in [0, 0.1) is 0 Å². The molecule has 3 N–H and O–H groups in total. The highest BCUT2D eigenvalue weighted by atomic mass is 16.7. The molecule has 6 heteroatoms. The summed E-state index contributed by atoms with van der Waals surface area (Å²) < 4.78 is 15.4. The Bertz CT molecular complexity index is 208. The molecule has 0 radical (unpaired) electrons. The van der Waals surface area contributed by atoms with E-state index in [1.165, 1.54) is 0 Å². The van der Waals surface area contributed by atoms with Crippen LogP contribution in [0.15, 0.2) is 0 Å². The van der Waals surface area contributed by atoms with Crippen LogP contribution in [0.2, 0.25) is 0 Å². The van der Waals surface area contributed by atoms with Gasteiger partial charge in [0, 0.05) is 0 Å². The van der Waals surface area contributed by atoms with Crippen molar-refractivity contribution in [1.82, 2.24) is 0 Å². The van der Waals surface area contributed by atoms with Gasteiger partial charge in [-0.05, 0) is 6.92 Å². The van der Waals surface area contributed by atoms with Crippen LogP contribution in [0.4, 0.5) is 0 Å². The van der Waals surface area contributed by atoms with Crippen molar-refractivity contribution in [2.75, 3.05) is 6.61 Å². The molecule has 2 aliphatic rings. The second kappa shape index (κ2) is 3.73. The molecule has 0 aromatic carbocycles. The third kappa shape index (κ3) is 1.65. The van der Waals surface area contributed by atoms with E-state index in [0.717, 1.165) is 0 Å². The Morgan fingerprint density at radius 2 is 1.79 bits per heavy atom. The zero-order valence-electron chi connectivity index (χ0n) is 7.74. The van der Waals surface area contributed by atoms with E-state index in [0.29, 0.717) is 0 Å². The van der Waals surface area contributed by atoms with E-state index in [-0.39, 0.29) is 6.61 Å². The molecule has 6 atom stereocenters. The Hall–Kier alpha value is -0.240. The average molecular weight is 206 g/mol. The molecule has 2 rings (SSSR count). The van der Waals surface area contributed by atoms with Crippen molar-refractivity contribution in [1.29, 1.82) is 0 Å². The van der Waals surface area contributed by atoms with Crippen LogP contribution in [0.5, 0.6) is 0 Å². The maximum absolute atomic E-state index is 9.59. The molecule has 2 saturated heterocycles. The van der Waals surface area contributed by atoms with Gasteiger partial charge in [-0.15, -0.1) is 0 Å². The Morgan fingerprint density at radius 3 is 2.50 bits per heavy atom. The predicted molar refractivity (Wildman–Crippen MR) is 43.2 cm³/mol. The van der Waals surface area contributed by atoms with E-state index in [9.17, 15) is 15.3 Å². The van der Waals surface area contributed by atoms with Crippen molar-refractivity contribution < 1.29 is 29.5 Å². The lowest BCUT2D eigenvalue weighted by Crippen LogP contribution is -2.62. The van der Waals surface area contributed by atoms with E-state index in [4.69, 9.17) is 14.2 Å². The Labute approximate surface area is 81.0 Å². The number of aliphatic hydroxyl groups excluding tert-OH is 3. The minimum Gasteiger partial charge on any atom is -0.387 e. The molecule has 0 spiro atoms. The lowest BCUT2D eigenvalue weighted by molar-refractivity contribution is -0.348. The average Bonchev–Trinajstić information content (AvgIpc) is 2.16. The first-order valence-corrected chi connectivity index (χ1v) is 4.56. The summed E-state index contributed by atoms with van der Waals surface area (Å²) in [6.07, 6.45) is -5.46. The van der Waals surface area contributed by atoms with E-state index in [1.807, 2.05) is 0 Å². The van der Waals surface area contributed by atoms with Crippen LogP contribution >= 0.6 is 0 Å². The first-order valence-electron chi connectivity index (χ1n) is 4.56. The first kappa shape index (κ1) is 10.3. The van der Waals surface area contributed by atoms with E-state index < -0.39 is 37.0 Å². The minimum atomic E-state index is -1.38. The van der Waals surface area contributed by atoms with Crippen molar-refractivity contribution in [3.8, 4) is 0 Å². The van der Waals surface area contributed by atoms with E-state index in [2.05, 4.69) is 0 Å². The highest BCUT2D eigenvalue weighted by Gasteiger charge is 2.47. The van der Waals surface area contributed by atoms with Crippen LogP contribution < -0.4 is 0 Å². The summed E-state index contributed by atoms with van der Waals surface area (Å²) in [5, 5.41) is 28.1. The van der Waals surface area contributed by atoms with Gasteiger partial charge >= 0.3 is 0 Å². The molecule has 0 aromatic heterocycles. The van der Waals surface area contributed by atoms with Gasteiger partial charge in [-0.25, -0.2) is 0 Å². The van der Waals surface area contributed by atoms with Gasteiger partial charge in [0.15, 0.2) is 12.6 Å². The summed E-state index contributed by atoms with van der Waals surface area (Å²) >= 11 is 0. The van der Waals surface area contributed by atoms with E-state index >= 15 is 0 Å². The molecular formula is C8H14O6. The maximum Gasteiger partial charge on any atom is 0.184 e. The van der Waals surface area contributed by atoms with Gasteiger partial charge in [0.25, 0.3) is 0 Å². The number of fused-ring (bicyclic) bond motifs is 1. The summed E-state index contributed by atoms with van der Waals surface area (Å²) in [6.45, 7) is 1.94. The molecule has 2 fully saturated rings. The molecule has 82 valence electrons. The van der Waals surface area contributed by atoms with Gasteiger partial charge in [-0.1, -0.05) is 0 Å². The summed E-state index contributed by atoms with van der Waals surface area (Å²) in [5.74, 6) is 0. The topological polar surface area (TPSA) is 88.4 Å². The van der Waals surface area contributed by atoms with Gasteiger partial charge in [0.2, 0.25) is 0 Å². The summed E-state index contributed by atoms with van der Waals surface area (Å²) in [6, 6.07) is 0. The zero-order valence-corrected chi connectivity index (χ0v) is 7.74. The maximum atomic E-state index is 9.59. The fourth-order valence-electron chi connectivity index (χ4n) is 1.71. The number of rotatable bonds is 0. The molecule has 0 bridgehead atoms. The number of hydrogen-bond acceptors (Lipinski definition) is 6. The lowest BCUT2D eigenvalue weighted by Gasteiger charge is -2.44. The lowest BCUT2D eigenvalue weighted by atomic mass is 9.98. The zero-order chi connectivity index (χ0) is 10.3. The highest BCUT2D eigenvalue weighted by Crippen LogP contribution is 2.27. The SMILES string of the molecule is C[C@H]1OC[C@H]2O[C@@H](O)[C@H](O)[C@@H](O)[C@@H]2O1. The smallest absolute Gasteiger partial charge is 0.184 e. The van der Waals surface area contributed by atoms with Gasteiger partial charge in [-0.3, -0.25) is 0 Å². The third-order valence-electron chi connectivity index (χ3n) is 2.50. The molecule has 0 aromatic rings. The highest BCUT2D eigenvalue weighted by molar-refractivity contribution is 4.91. The van der Waals surface area contributed by atoms with Crippen LogP contribution in [0.25, 0.3) is 0 Å². The van der Waals surface area contributed by atoms with Crippen LogP contribution in [0.3, 0.4) is 0 Å². The summed E-state index contributed by atoms with van der Waals surface area (Å²) in [4.78, 5) is 0. The molecule has 2 aliphatic heterocycles. The second-order valence-corrected chi connectivity index (χ2v) is 3.55. The standard InChI is InChI=1S/C8H14O6/c1-3-12-2-4-7(13-3)5(9)6(10)8(11)14-4/h3-11H,2H2,1H3/t3-,4+,5+,6+,7+,8+/m0/s1. The molecule has 0 saturated carbocycles. The van der Waals surface area contributed by atoms with Crippen molar-refractivity contribution in [2.45, 2.75) is 43.9 Å². The quantitative estimate of drug-likeness (QED) is 0.433. The second-order valence-electron chi connectivity index (χ2n) is 3.55. The molecule has 14 heavy (non-hydrogen) atoms. The molecule has 0 aliphatic carbocycles. The largest absolute Gasteiger partial charge is 0.387 e. The fraction of sp³-hybridized carbons (Fsp3) is 1.00. The number of aliphatic hydroxyl groups is 3. The molecule has 6 nitrogen and oxygen atoms in total. The number of ether oxygens (including phenoxy) is 3. The van der Waals surface area contributed by atoms with Gasteiger partial charge in [0.1, 0.15) is 24.4 Å². The van der Waals surface area contributed by atoms with Crippen molar-refractivity contribution in [3.05, 3.63) is 0 Å². The van der Waals surface area contributed by atoms with Crippen LogP contribution in [-0.2, 0) is 14.2 Å². The summed E-state index contributed by atoms with van der Waals surface area (Å²) in [7, 11) is 0. The third-order valence-corrected chi connectivity index (χ3v) is 2.50. The Kier molecular flexibility index (Phi) is 2.74. The van der Waals surface area contributed by atoms with Crippen molar-refractivity contribution >= 4 is 0 Å². The number of hydrogen-bond donors (Lipinski definition) is 3. The van der Waals surface area contributed by atoms with Crippen LogP contribution in [0.1, 0.15) is 6.92 Å². The van der Waals surface area contributed by atoms with Gasteiger partial charge < -0.3 is 29.5 Å². The Morgan fingerprint density at radius 1 is 1.07 bits per heavy atom.